The third-order valence-electron chi connectivity index (χ3n) is 2.68. The Morgan fingerprint density at radius 3 is 2.39 bits per heavy atom. The molecule has 0 aliphatic heterocycles. The van der Waals surface area contributed by atoms with E-state index in [9.17, 15) is 0 Å². The minimum atomic E-state index is -0.484. The second-order valence-electron chi connectivity index (χ2n) is 4.57. The number of aryl methyl sites for hydroxylation is 1. The van der Waals surface area contributed by atoms with E-state index in [1.54, 1.807) is 6.20 Å². The summed E-state index contributed by atoms with van der Waals surface area (Å²) >= 11 is 9.29. The molecule has 0 spiro atoms. The van der Waals surface area contributed by atoms with Crippen molar-refractivity contribution in [3.8, 4) is 0 Å². The Balaban J connectivity index is 2.23. The van der Waals surface area contributed by atoms with E-state index in [0.29, 0.717) is 5.02 Å². The molecular formula is C13H14BrClN2O. The fraction of sp³-hybridized carbons (Fsp3) is 0.308. The summed E-state index contributed by atoms with van der Waals surface area (Å²) in [6.45, 7) is 5.89. The summed E-state index contributed by atoms with van der Waals surface area (Å²) in [5, 5.41) is 4.97. The zero-order valence-corrected chi connectivity index (χ0v) is 12.8. The lowest BCUT2D eigenvalue weighted by molar-refractivity contribution is -0.0508. The van der Waals surface area contributed by atoms with E-state index in [1.165, 1.54) is 4.85 Å². The van der Waals surface area contributed by atoms with Crippen LogP contribution in [0.5, 0.6) is 0 Å². The normalized spacial score (nSPS) is 11.6. The first-order valence-electron chi connectivity index (χ1n) is 5.56. The molecule has 0 amide bonds. The van der Waals surface area contributed by atoms with E-state index in [4.69, 9.17) is 16.4 Å². The van der Waals surface area contributed by atoms with Gasteiger partial charge in [-0.3, -0.25) is 0 Å². The average molecular weight is 330 g/mol. The topological polar surface area (TPSA) is 27.1 Å². The molecule has 0 bridgehead atoms. The first-order chi connectivity index (χ1) is 8.38. The van der Waals surface area contributed by atoms with Gasteiger partial charge in [0, 0.05) is 5.02 Å². The predicted octanol–water partition coefficient (Wildman–Crippen LogP) is 3.97. The van der Waals surface area contributed by atoms with Gasteiger partial charge in [-0.25, -0.2) is 0 Å². The highest BCUT2D eigenvalue weighted by molar-refractivity contribution is 9.10. The van der Waals surface area contributed by atoms with Crippen molar-refractivity contribution in [2.24, 2.45) is 0 Å². The zero-order valence-electron chi connectivity index (χ0n) is 10.4. The molecular weight excluding hydrogens is 316 g/mol. The second-order valence-corrected chi connectivity index (χ2v) is 5.86. The first-order valence-corrected chi connectivity index (χ1v) is 6.73. The highest BCUT2D eigenvalue weighted by Crippen LogP contribution is 2.24. The molecule has 0 saturated carbocycles. The molecule has 0 N–H and O–H groups in total. The predicted molar refractivity (Wildman–Crippen MR) is 75.7 cm³/mol. The number of rotatable bonds is 3. The molecule has 0 unspecified atom stereocenters. The van der Waals surface area contributed by atoms with Crippen LogP contribution in [-0.2, 0) is 5.60 Å². The fourth-order valence-corrected chi connectivity index (χ4v) is 1.98. The summed E-state index contributed by atoms with van der Waals surface area (Å²) in [5.74, 6) is 0. The quantitative estimate of drug-likeness (QED) is 0.852. The van der Waals surface area contributed by atoms with Gasteiger partial charge in [-0.05, 0) is 54.4 Å². The van der Waals surface area contributed by atoms with Crippen LogP contribution in [0.3, 0.4) is 0 Å². The molecule has 18 heavy (non-hydrogen) atoms. The van der Waals surface area contributed by atoms with Gasteiger partial charge in [0.25, 0.3) is 0 Å². The van der Waals surface area contributed by atoms with Crippen LogP contribution >= 0.6 is 27.5 Å². The van der Waals surface area contributed by atoms with Crippen LogP contribution in [0, 0.1) is 6.92 Å². The molecule has 5 heteroatoms. The second kappa shape index (κ2) is 4.94. The first kappa shape index (κ1) is 13.4. The Morgan fingerprint density at radius 2 is 1.89 bits per heavy atom. The van der Waals surface area contributed by atoms with E-state index in [2.05, 4.69) is 21.0 Å². The fourth-order valence-electron chi connectivity index (χ4n) is 1.60. The lowest BCUT2D eigenvalue weighted by Crippen LogP contribution is -2.32. The van der Waals surface area contributed by atoms with E-state index < -0.39 is 5.60 Å². The molecule has 0 fully saturated rings. The molecule has 2 aromatic rings. The molecule has 0 saturated heterocycles. The van der Waals surface area contributed by atoms with E-state index in [0.717, 1.165) is 15.7 Å². The molecule has 1 aromatic heterocycles. The van der Waals surface area contributed by atoms with Crippen LogP contribution in [0.25, 0.3) is 0 Å². The van der Waals surface area contributed by atoms with Gasteiger partial charge in [-0.2, -0.15) is 0 Å². The molecule has 3 nitrogen and oxygen atoms in total. The number of hydrogen-bond donors (Lipinski definition) is 0. The van der Waals surface area contributed by atoms with Crippen LogP contribution in [0.15, 0.2) is 34.9 Å². The summed E-state index contributed by atoms with van der Waals surface area (Å²) in [7, 11) is 0. The molecule has 0 atom stereocenters. The summed E-state index contributed by atoms with van der Waals surface area (Å²) < 4.78 is 0.925. The minimum Gasteiger partial charge on any atom is -0.386 e. The van der Waals surface area contributed by atoms with Gasteiger partial charge in [0.15, 0.2) is 5.60 Å². The van der Waals surface area contributed by atoms with Crippen LogP contribution in [0.1, 0.15) is 25.1 Å². The molecule has 0 radical (unpaired) electrons. The molecule has 96 valence electrons. The maximum Gasteiger partial charge on any atom is 0.157 e. The number of halogens is 2. The van der Waals surface area contributed by atoms with Crippen molar-refractivity contribution in [1.29, 1.82) is 0 Å². The smallest absolute Gasteiger partial charge is 0.157 e. The summed E-state index contributed by atoms with van der Waals surface area (Å²) in [6, 6.07) is 7.61. The molecule has 1 heterocycles. The standard InChI is InChI=1S/C13H14BrClN2O/c1-9-12(14)8-17(16-9)18-13(2,3)10-4-6-11(15)7-5-10/h4-8H,1-3H3. The van der Waals surface area contributed by atoms with Gasteiger partial charge in [0.05, 0.1) is 16.4 Å². The number of hydrogen-bond acceptors (Lipinski definition) is 2. The number of aromatic nitrogens is 2. The van der Waals surface area contributed by atoms with Gasteiger partial charge in [0.2, 0.25) is 0 Å². The summed E-state index contributed by atoms with van der Waals surface area (Å²) in [4.78, 5) is 7.34. The van der Waals surface area contributed by atoms with E-state index in [1.807, 2.05) is 45.0 Å². The molecule has 1 aromatic carbocycles. The van der Waals surface area contributed by atoms with Crippen molar-refractivity contribution in [3.05, 3.63) is 51.2 Å². The summed E-state index contributed by atoms with van der Waals surface area (Å²) in [5.41, 5.74) is 1.45. The monoisotopic (exact) mass is 328 g/mol. The van der Waals surface area contributed by atoms with Crippen LogP contribution in [-0.4, -0.2) is 9.94 Å². The lowest BCUT2D eigenvalue weighted by Gasteiger charge is -2.25. The summed E-state index contributed by atoms with van der Waals surface area (Å²) in [6.07, 6.45) is 1.80. The number of nitrogens with zero attached hydrogens (tertiary/aromatic N) is 2. The van der Waals surface area contributed by atoms with Gasteiger partial charge in [0.1, 0.15) is 0 Å². The maximum absolute atomic E-state index is 5.88. The third-order valence-corrected chi connectivity index (χ3v) is 3.71. The SMILES string of the molecule is Cc1nn(OC(C)(C)c2ccc(Cl)cc2)cc1Br. The van der Waals surface area contributed by atoms with Crippen LogP contribution < -0.4 is 4.84 Å². The Hall–Kier alpha value is -1.000. The van der Waals surface area contributed by atoms with Gasteiger partial charge in [-0.15, -0.1) is 9.94 Å². The van der Waals surface area contributed by atoms with Crippen molar-refractivity contribution >= 4 is 27.5 Å². The van der Waals surface area contributed by atoms with Crippen molar-refractivity contribution < 1.29 is 4.84 Å². The van der Waals surface area contributed by atoms with Crippen molar-refractivity contribution in [2.45, 2.75) is 26.4 Å². The average Bonchev–Trinajstić information content (AvgIpc) is 2.57. The Morgan fingerprint density at radius 1 is 1.28 bits per heavy atom. The van der Waals surface area contributed by atoms with E-state index >= 15 is 0 Å². The third kappa shape index (κ3) is 2.87. The zero-order chi connectivity index (χ0) is 13.3. The largest absolute Gasteiger partial charge is 0.386 e. The lowest BCUT2D eigenvalue weighted by atomic mass is 9.99. The van der Waals surface area contributed by atoms with E-state index in [-0.39, 0.29) is 0 Å². The van der Waals surface area contributed by atoms with Crippen molar-refractivity contribution in [3.63, 3.8) is 0 Å². The van der Waals surface area contributed by atoms with Crippen molar-refractivity contribution in [2.75, 3.05) is 0 Å². The van der Waals surface area contributed by atoms with Crippen LogP contribution in [0.2, 0.25) is 5.02 Å². The van der Waals surface area contributed by atoms with Gasteiger partial charge < -0.3 is 4.84 Å². The highest BCUT2D eigenvalue weighted by atomic mass is 79.9. The molecule has 0 aliphatic carbocycles. The Kier molecular flexibility index (Phi) is 3.69. The minimum absolute atomic E-state index is 0.484. The number of benzene rings is 1. The maximum atomic E-state index is 5.88. The molecule has 0 aliphatic rings. The Bertz CT molecular complexity index is 529. The van der Waals surface area contributed by atoms with Gasteiger partial charge >= 0.3 is 0 Å². The van der Waals surface area contributed by atoms with Gasteiger partial charge in [-0.1, -0.05) is 23.7 Å². The molecule has 2 rings (SSSR count). The van der Waals surface area contributed by atoms with Crippen molar-refractivity contribution in [1.82, 2.24) is 9.94 Å². The van der Waals surface area contributed by atoms with Crippen LogP contribution in [0.4, 0.5) is 0 Å². The highest BCUT2D eigenvalue weighted by Gasteiger charge is 2.24. The Labute approximate surface area is 120 Å².